The quantitative estimate of drug-likeness (QED) is 0.758. The maximum atomic E-state index is 12.6. The minimum Gasteiger partial charge on any atom is -0.348 e. The number of nitrogens with zero attached hydrogens (tertiary/aromatic N) is 2. The first-order valence-corrected chi connectivity index (χ1v) is 9.00. The molecule has 8 heteroatoms. The molecule has 3 rings (SSSR count). The van der Waals surface area contributed by atoms with Crippen LogP contribution in [0.3, 0.4) is 0 Å². The maximum absolute atomic E-state index is 12.6. The van der Waals surface area contributed by atoms with Crippen LogP contribution in [-0.4, -0.2) is 21.9 Å². The summed E-state index contributed by atoms with van der Waals surface area (Å²) in [4.78, 5) is 20.6. The molecule has 1 aliphatic rings. The largest absolute Gasteiger partial charge is 0.416 e. The van der Waals surface area contributed by atoms with E-state index in [0.717, 1.165) is 37.8 Å². The fraction of sp³-hybridized carbons (Fsp3) is 0.421. The molecule has 2 aromatic rings. The summed E-state index contributed by atoms with van der Waals surface area (Å²) in [5.41, 5.74) is -0.0986. The highest BCUT2D eigenvalue weighted by Crippen LogP contribution is 2.30. The maximum Gasteiger partial charge on any atom is 0.416 e. The number of hydrogen-bond acceptors (Lipinski definition) is 4. The monoisotopic (exact) mass is 378 g/mol. The Bertz CT molecular complexity index is 769. The minimum atomic E-state index is -4.38. The molecule has 5 nitrogen and oxygen atoms in total. The third kappa shape index (κ3) is 5.42. The first-order chi connectivity index (χ1) is 12.9. The van der Waals surface area contributed by atoms with Gasteiger partial charge in [0.2, 0.25) is 5.95 Å². The summed E-state index contributed by atoms with van der Waals surface area (Å²) in [6.45, 7) is 0. The fourth-order valence-electron chi connectivity index (χ4n) is 3.10. The molecule has 0 aliphatic heterocycles. The van der Waals surface area contributed by atoms with Crippen LogP contribution >= 0.6 is 0 Å². The standard InChI is InChI=1S/C19H21F3N4O/c20-19(21,22)13-7-9-15(10-8-13)25-18-23-12-11-16(26-18)17(27)24-14-5-3-1-2-4-6-14/h7-12,14H,1-6H2,(H,24,27)(H,23,25,26). The predicted octanol–water partition coefficient (Wildman–Crippen LogP) is 4.69. The second-order valence-corrected chi connectivity index (χ2v) is 6.63. The molecule has 0 unspecified atom stereocenters. The molecular weight excluding hydrogens is 357 g/mol. The summed E-state index contributed by atoms with van der Waals surface area (Å²) in [5.74, 6) is -0.108. The molecule has 0 saturated heterocycles. The molecule has 1 aromatic heterocycles. The zero-order valence-corrected chi connectivity index (χ0v) is 14.7. The van der Waals surface area contributed by atoms with Crippen molar-refractivity contribution in [1.29, 1.82) is 0 Å². The number of aromatic nitrogens is 2. The zero-order valence-electron chi connectivity index (χ0n) is 14.7. The van der Waals surface area contributed by atoms with E-state index in [4.69, 9.17) is 0 Å². The molecule has 1 aromatic carbocycles. The van der Waals surface area contributed by atoms with Gasteiger partial charge >= 0.3 is 6.18 Å². The van der Waals surface area contributed by atoms with E-state index >= 15 is 0 Å². The SMILES string of the molecule is O=C(NC1CCCCCC1)c1ccnc(Nc2ccc(C(F)(F)F)cc2)n1. The van der Waals surface area contributed by atoms with Crippen LogP contribution in [0.4, 0.5) is 24.8 Å². The van der Waals surface area contributed by atoms with Gasteiger partial charge in [0, 0.05) is 17.9 Å². The second-order valence-electron chi connectivity index (χ2n) is 6.63. The van der Waals surface area contributed by atoms with Crippen LogP contribution in [0.2, 0.25) is 0 Å². The number of nitrogens with one attached hydrogen (secondary N) is 2. The first kappa shape index (κ1) is 19.1. The topological polar surface area (TPSA) is 66.9 Å². The predicted molar refractivity (Wildman–Crippen MR) is 95.7 cm³/mol. The summed E-state index contributed by atoms with van der Waals surface area (Å²) in [5, 5.41) is 5.83. The molecule has 27 heavy (non-hydrogen) atoms. The van der Waals surface area contributed by atoms with Crippen molar-refractivity contribution in [2.24, 2.45) is 0 Å². The Morgan fingerprint density at radius 3 is 2.30 bits per heavy atom. The van der Waals surface area contributed by atoms with Crippen molar-refractivity contribution >= 4 is 17.5 Å². The van der Waals surface area contributed by atoms with Crippen molar-refractivity contribution in [3.8, 4) is 0 Å². The van der Waals surface area contributed by atoms with Crippen molar-refractivity contribution in [3.63, 3.8) is 0 Å². The Labute approximate surface area is 155 Å². The first-order valence-electron chi connectivity index (χ1n) is 9.00. The van der Waals surface area contributed by atoms with Crippen LogP contribution in [0.1, 0.15) is 54.6 Å². The fourth-order valence-corrected chi connectivity index (χ4v) is 3.10. The summed E-state index contributed by atoms with van der Waals surface area (Å²) in [7, 11) is 0. The third-order valence-electron chi connectivity index (χ3n) is 4.55. The Morgan fingerprint density at radius 1 is 1.00 bits per heavy atom. The number of benzene rings is 1. The summed E-state index contributed by atoms with van der Waals surface area (Å²) in [6, 6.07) is 6.22. The summed E-state index contributed by atoms with van der Waals surface area (Å²) in [6.07, 6.45) is 3.60. The average Bonchev–Trinajstić information content (AvgIpc) is 2.90. The molecule has 1 saturated carbocycles. The number of carbonyl (C=O) groups excluding carboxylic acids is 1. The molecule has 0 atom stereocenters. The van der Waals surface area contributed by atoms with E-state index in [1.54, 1.807) is 0 Å². The van der Waals surface area contributed by atoms with Crippen molar-refractivity contribution < 1.29 is 18.0 Å². The summed E-state index contributed by atoms with van der Waals surface area (Å²) >= 11 is 0. The van der Waals surface area contributed by atoms with Crippen LogP contribution in [-0.2, 0) is 6.18 Å². The van der Waals surface area contributed by atoms with E-state index in [1.807, 2.05) is 0 Å². The van der Waals surface area contributed by atoms with Gasteiger partial charge in [-0.2, -0.15) is 13.2 Å². The van der Waals surface area contributed by atoms with Crippen LogP contribution < -0.4 is 10.6 Å². The lowest BCUT2D eigenvalue weighted by Gasteiger charge is -2.16. The Kier molecular flexibility index (Phi) is 5.93. The Balaban J connectivity index is 1.65. The van der Waals surface area contributed by atoms with Crippen LogP contribution in [0, 0.1) is 0 Å². The van der Waals surface area contributed by atoms with Crippen LogP contribution in [0.15, 0.2) is 36.5 Å². The highest BCUT2D eigenvalue weighted by molar-refractivity contribution is 5.92. The van der Waals surface area contributed by atoms with Crippen molar-refractivity contribution in [1.82, 2.24) is 15.3 Å². The lowest BCUT2D eigenvalue weighted by Crippen LogP contribution is -2.35. The van der Waals surface area contributed by atoms with E-state index in [9.17, 15) is 18.0 Å². The van der Waals surface area contributed by atoms with Gasteiger partial charge in [0.25, 0.3) is 5.91 Å². The van der Waals surface area contributed by atoms with E-state index in [1.165, 1.54) is 37.2 Å². The molecule has 144 valence electrons. The molecule has 1 heterocycles. The number of anilines is 2. The van der Waals surface area contributed by atoms with Crippen molar-refractivity contribution in [2.45, 2.75) is 50.7 Å². The average molecular weight is 378 g/mol. The molecule has 0 radical (unpaired) electrons. The van der Waals surface area contributed by atoms with Crippen molar-refractivity contribution in [2.75, 3.05) is 5.32 Å². The van der Waals surface area contributed by atoms with Gasteiger partial charge in [-0.1, -0.05) is 25.7 Å². The molecule has 1 amide bonds. The normalized spacial score (nSPS) is 15.8. The molecule has 0 bridgehead atoms. The van der Waals surface area contributed by atoms with Gasteiger partial charge in [-0.25, -0.2) is 9.97 Å². The molecule has 1 fully saturated rings. The van der Waals surface area contributed by atoms with E-state index < -0.39 is 11.7 Å². The van der Waals surface area contributed by atoms with Gasteiger partial charge in [-0.3, -0.25) is 4.79 Å². The molecule has 1 aliphatic carbocycles. The zero-order chi connectivity index (χ0) is 19.3. The highest BCUT2D eigenvalue weighted by Gasteiger charge is 2.30. The number of halogens is 3. The number of alkyl halides is 3. The lowest BCUT2D eigenvalue weighted by molar-refractivity contribution is -0.137. The number of carbonyl (C=O) groups is 1. The van der Waals surface area contributed by atoms with Crippen molar-refractivity contribution in [3.05, 3.63) is 47.8 Å². The van der Waals surface area contributed by atoms with Gasteiger partial charge in [0.05, 0.1) is 5.56 Å². The van der Waals surface area contributed by atoms with Crippen LogP contribution in [0.25, 0.3) is 0 Å². The molecule has 0 spiro atoms. The van der Waals surface area contributed by atoms with Gasteiger partial charge in [0.15, 0.2) is 0 Å². The Morgan fingerprint density at radius 2 is 1.67 bits per heavy atom. The minimum absolute atomic E-state index is 0.154. The smallest absolute Gasteiger partial charge is 0.348 e. The highest BCUT2D eigenvalue weighted by atomic mass is 19.4. The van der Waals surface area contributed by atoms with Gasteiger partial charge < -0.3 is 10.6 Å². The number of hydrogen-bond donors (Lipinski definition) is 2. The molecular formula is C19H21F3N4O. The van der Waals surface area contributed by atoms with Gasteiger partial charge in [0.1, 0.15) is 5.69 Å². The van der Waals surface area contributed by atoms with Gasteiger partial charge in [-0.05, 0) is 43.2 Å². The third-order valence-corrected chi connectivity index (χ3v) is 4.55. The number of amides is 1. The second kappa shape index (κ2) is 8.37. The van der Waals surface area contributed by atoms with E-state index in [-0.39, 0.29) is 23.6 Å². The van der Waals surface area contributed by atoms with Crippen LogP contribution in [0.5, 0.6) is 0 Å². The van der Waals surface area contributed by atoms with E-state index in [0.29, 0.717) is 5.69 Å². The lowest BCUT2D eigenvalue weighted by atomic mass is 10.1. The van der Waals surface area contributed by atoms with Gasteiger partial charge in [-0.15, -0.1) is 0 Å². The molecule has 2 N–H and O–H groups in total. The van der Waals surface area contributed by atoms with E-state index in [2.05, 4.69) is 20.6 Å². The Hall–Kier alpha value is -2.64. The summed E-state index contributed by atoms with van der Waals surface area (Å²) < 4.78 is 37.8. The number of rotatable bonds is 4.